The van der Waals surface area contributed by atoms with Crippen molar-refractivity contribution in [1.82, 2.24) is 20.8 Å². The summed E-state index contributed by atoms with van der Waals surface area (Å²) in [4.78, 5) is 8.16. The van der Waals surface area contributed by atoms with Crippen molar-refractivity contribution >= 4 is 41.5 Å². The molecule has 150 valence electrons. The van der Waals surface area contributed by atoms with Crippen molar-refractivity contribution in [2.24, 2.45) is 4.99 Å². The molecule has 1 aromatic carbocycles. The Bertz CT molecular complexity index is 722. The van der Waals surface area contributed by atoms with Gasteiger partial charge in [-0.25, -0.2) is 0 Å². The minimum absolute atomic E-state index is 0. The first-order valence-electron chi connectivity index (χ1n) is 8.05. The molecule has 11 heteroatoms. The van der Waals surface area contributed by atoms with Crippen LogP contribution in [0.4, 0.5) is 13.2 Å². The molecule has 0 aliphatic heterocycles. The summed E-state index contributed by atoms with van der Waals surface area (Å²) < 4.78 is 41.7. The molecular weight excluding hydrogens is 498 g/mol. The Morgan fingerprint density at radius 3 is 2.56 bits per heavy atom. The number of guanidine groups is 1. The molecule has 0 amide bonds. The minimum atomic E-state index is -4.22. The number of halogens is 5. The first kappa shape index (κ1) is 23.5. The Morgan fingerprint density at radius 2 is 1.93 bits per heavy atom. The molecule has 2 rings (SSSR count). The fourth-order valence-electron chi connectivity index (χ4n) is 2.00. The van der Waals surface area contributed by atoms with Gasteiger partial charge in [-0.3, -0.25) is 4.99 Å². The molecule has 2 aromatic rings. The van der Waals surface area contributed by atoms with Gasteiger partial charge in [0.15, 0.2) is 5.96 Å². The lowest BCUT2D eigenvalue weighted by molar-refractivity contribution is -0.132. The van der Waals surface area contributed by atoms with Crippen LogP contribution in [0.15, 0.2) is 33.8 Å². The van der Waals surface area contributed by atoms with E-state index >= 15 is 0 Å². The Hall–Kier alpha value is -1.56. The molecule has 0 atom stereocenters. The molecule has 27 heavy (non-hydrogen) atoms. The zero-order chi connectivity index (χ0) is 19.0. The van der Waals surface area contributed by atoms with Gasteiger partial charge in [-0.1, -0.05) is 16.8 Å². The molecule has 0 fully saturated rings. The third-order valence-electron chi connectivity index (χ3n) is 3.21. The largest absolute Gasteiger partial charge is 0.390 e. The monoisotopic (exact) mass is 517 g/mol. The summed E-state index contributed by atoms with van der Waals surface area (Å²) in [6, 6.07) is 7.03. The molecule has 0 aliphatic rings. The van der Waals surface area contributed by atoms with Crippen LogP contribution >= 0.6 is 35.6 Å². The molecule has 1 heterocycles. The van der Waals surface area contributed by atoms with Crippen LogP contribution in [0, 0.1) is 0 Å². The fourth-order valence-corrected chi connectivity index (χ4v) is 2.12. The summed E-state index contributed by atoms with van der Waals surface area (Å²) >= 11 is 5.84. The number of aliphatic imine (C=N–C) groups is 1. The van der Waals surface area contributed by atoms with Crippen LogP contribution in [0.5, 0.6) is 0 Å². The quantitative estimate of drug-likeness (QED) is 0.329. The van der Waals surface area contributed by atoms with Gasteiger partial charge in [0.1, 0.15) is 0 Å². The van der Waals surface area contributed by atoms with E-state index in [0.717, 1.165) is 5.56 Å². The highest BCUT2D eigenvalue weighted by molar-refractivity contribution is 14.0. The van der Waals surface area contributed by atoms with Crippen LogP contribution in [-0.2, 0) is 6.42 Å². The topological polar surface area (TPSA) is 75.3 Å². The van der Waals surface area contributed by atoms with Gasteiger partial charge in [-0.2, -0.15) is 18.2 Å². The van der Waals surface area contributed by atoms with E-state index in [1.54, 1.807) is 24.3 Å². The summed E-state index contributed by atoms with van der Waals surface area (Å²) in [5.74, 6) is 1.17. The highest BCUT2D eigenvalue weighted by Crippen LogP contribution is 2.19. The average molecular weight is 518 g/mol. The maximum atomic E-state index is 12.2. The number of nitrogens with zero attached hydrogens (tertiary/aromatic N) is 3. The second kappa shape index (κ2) is 11.3. The number of benzene rings is 1. The molecule has 1 aromatic heterocycles. The number of nitrogens with one attached hydrogen (secondary N) is 2. The molecular formula is C16H20ClF3IN5O. The summed E-state index contributed by atoms with van der Waals surface area (Å²) in [6.45, 7) is 2.43. The minimum Gasteiger partial charge on any atom is -0.357 e. The van der Waals surface area contributed by atoms with E-state index in [-0.39, 0.29) is 30.5 Å². The normalized spacial score (nSPS) is 11.8. The van der Waals surface area contributed by atoms with E-state index in [1.165, 1.54) is 0 Å². The second-order valence-electron chi connectivity index (χ2n) is 5.32. The van der Waals surface area contributed by atoms with Crippen molar-refractivity contribution in [3.8, 4) is 11.4 Å². The van der Waals surface area contributed by atoms with Gasteiger partial charge in [0.2, 0.25) is 11.7 Å². The van der Waals surface area contributed by atoms with Crippen LogP contribution in [0.3, 0.4) is 0 Å². The van der Waals surface area contributed by atoms with Crippen molar-refractivity contribution in [3.05, 3.63) is 35.2 Å². The van der Waals surface area contributed by atoms with Gasteiger partial charge >= 0.3 is 6.18 Å². The predicted molar refractivity (Wildman–Crippen MR) is 109 cm³/mol. The maximum absolute atomic E-state index is 12.2. The molecule has 0 unspecified atom stereocenters. The third-order valence-corrected chi connectivity index (χ3v) is 3.46. The van der Waals surface area contributed by atoms with Crippen molar-refractivity contribution in [2.45, 2.75) is 25.9 Å². The van der Waals surface area contributed by atoms with Crippen molar-refractivity contribution in [3.63, 3.8) is 0 Å². The van der Waals surface area contributed by atoms with Crippen LogP contribution in [0.2, 0.25) is 5.02 Å². The van der Waals surface area contributed by atoms with Gasteiger partial charge in [0.05, 0.1) is 13.0 Å². The highest BCUT2D eigenvalue weighted by atomic mass is 127. The zero-order valence-corrected chi connectivity index (χ0v) is 17.6. The average Bonchev–Trinajstić information content (AvgIpc) is 3.03. The number of aromatic nitrogens is 2. The van der Waals surface area contributed by atoms with Crippen LogP contribution < -0.4 is 10.6 Å². The lowest BCUT2D eigenvalue weighted by atomic mass is 10.2. The third kappa shape index (κ3) is 8.78. The van der Waals surface area contributed by atoms with Crippen LogP contribution in [-0.4, -0.2) is 41.9 Å². The standard InChI is InChI=1S/C16H19ClF3N5O.HI/c1-2-21-15(23-10-8-16(18,19)20)22-9-7-13-24-14(25-26-13)11-3-5-12(17)6-4-11;/h3-6H,2,7-10H2,1H3,(H2,21,22,23);1H. The highest BCUT2D eigenvalue weighted by Gasteiger charge is 2.26. The van der Waals surface area contributed by atoms with Gasteiger partial charge in [-0.05, 0) is 31.2 Å². The predicted octanol–water partition coefficient (Wildman–Crippen LogP) is 4.06. The van der Waals surface area contributed by atoms with Crippen LogP contribution in [0.25, 0.3) is 11.4 Å². The first-order valence-corrected chi connectivity index (χ1v) is 8.42. The maximum Gasteiger partial charge on any atom is 0.390 e. The summed E-state index contributed by atoms with van der Waals surface area (Å²) in [5, 5.41) is 10.3. The number of hydrogen-bond acceptors (Lipinski definition) is 4. The Balaban J connectivity index is 0.00000364. The Kier molecular flexibility index (Phi) is 9.84. The first-order chi connectivity index (χ1) is 12.4. The van der Waals surface area contributed by atoms with Gasteiger partial charge in [-0.15, -0.1) is 24.0 Å². The number of alkyl halides is 3. The summed E-state index contributed by atoms with van der Waals surface area (Å²) in [7, 11) is 0. The van der Waals surface area contributed by atoms with Gasteiger partial charge in [0, 0.05) is 30.1 Å². The van der Waals surface area contributed by atoms with Crippen molar-refractivity contribution < 1.29 is 17.7 Å². The molecule has 0 saturated heterocycles. The molecule has 0 aliphatic carbocycles. The molecule has 2 N–H and O–H groups in total. The van der Waals surface area contributed by atoms with Gasteiger partial charge < -0.3 is 15.2 Å². The lowest BCUT2D eigenvalue weighted by Crippen LogP contribution is -2.38. The van der Waals surface area contributed by atoms with Gasteiger partial charge in [0.25, 0.3) is 0 Å². The molecule has 0 spiro atoms. The molecule has 6 nitrogen and oxygen atoms in total. The fraction of sp³-hybridized carbons (Fsp3) is 0.438. The second-order valence-corrected chi connectivity index (χ2v) is 5.76. The number of hydrogen-bond donors (Lipinski definition) is 2. The van der Waals surface area contributed by atoms with Crippen molar-refractivity contribution in [2.75, 3.05) is 19.6 Å². The molecule has 0 bridgehead atoms. The summed E-state index contributed by atoms with van der Waals surface area (Å²) in [5.41, 5.74) is 0.777. The van der Waals surface area contributed by atoms with Crippen molar-refractivity contribution in [1.29, 1.82) is 0 Å². The zero-order valence-electron chi connectivity index (χ0n) is 14.5. The molecule has 0 radical (unpaired) electrons. The Morgan fingerprint density at radius 1 is 1.22 bits per heavy atom. The van der Waals surface area contributed by atoms with E-state index in [0.29, 0.717) is 42.2 Å². The smallest absolute Gasteiger partial charge is 0.357 e. The van der Waals surface area contributed by atoms with E-state index in [9.17, 15) is 13.2 Å². The number of rotatable bonds is 7. The SMILES string of the molecule is CCNC(=NCCC(F)(F)F)NCCc1nc(-c2ccc(Cl)cc2)no1.I. The lowest BCUT2D eigenvalue weighted by Gasteiger charge is -2.10. The van der Waals surface area contributed by atoms with E-state index < -0.39 is 12.6 Å². The summed E-state index contributed by atoms with van der Waals surface area (Å²) in [6.07, 6.45) is -4.77. The Labute approximate surface area is 177 Å². The van der Waals surface area contributed by atoms with E-state index in [2.05, 4.69) is 25.8 Å². The van der Waals surface area contributed by atoms with Crippen LogP contribution in [0.1, 0.15) is 19.2 Å². The van der Waals surface area contributed by atoms with E-state index in [4.69, 9.17) is 16.1 Å². The van der Waals surface area contributed by atoms with E-state index in [1.807, 2.05) is 6.92 Å². The molecule has 0 saturated carbocycles.